The summed E-state index contributed by atoms with van der Waals surface area (Å²) < 4.78 is 5.22. The normalized spacial score (nSPS) is 12.2. The van der Waals surface area contributed by atoms with Crippen LogP contribution in [0.4, 0.5) is 0 Å². The van der Waals surface area contributed by atoms with Gasteiger partial charge >= 0.3 is 5.97 Å². The molecule has 106 valence electrons. The average Bonchev–Trinajstić information content (AvgIpc) is 2.92. The maximum absolute atomic E-state index is 12.3. The molecule has 0 saturated heterocycles. The second kappa shape index (κ2) is 6.01. The van der Waals surface area contributed by atoms with Crippen LogP contribution in [-0.2, 0) is 9.53 Å². The van der Waals surface area contributed by atoms with E-state index in [0.29, 0.717) is 11.6 Å². The summed E-state index contributed by atoms with van der Waals surface area (Å²) in [5.41, 5.74) is 1.69. The summed E-state index contributed by atoms with van der Waals surface area (Å²) in [5.74, 6) is -0.770. The molecule has 0 fully saturated rings. The molecule has 2 aromatic heterocycles. The van der Waals surface area contributed by atoms with Gasteiger partial charge in [0.05, 0.1) is 6.61 Å². The van der Waals surface area contributed by atoms with E-state index in [0.717, 1.165) is 15.9 Å². The molecule has 0 amide bonds. The Morgan fingerprint density at radius 3 is 2.76 bits per heavy atom. The first-order valence-electron chi connectivity index (χ1n) is 6.72. The van der Waals surface area contributed by atoms with Crippen molar-refractivity contribution in [2.24, 2.45) is 0 Å². The van der Waals surface area contributed by atoms with Crippen molar-refractivity contribution in [1.82, 2.24) is 9.97 Å². The minimum Gasteiger partial charge on any atom is -0.465 e. The van der Waals surface area contributed by atoms with Gasteiger partial charge in [0.1, 0.15) is 21.3 Å². The van der Waals surface area contributed by atoms with Gasteiger partial charge in [0, 0.05) is 6.20 Å². The van der Waals surface area contributed by atoms with Gasteiger partial charge in [-0.25, -0.2) is 9.97 Å². The molecule has 5 heteroatoms. The summed E-state index contributed by atoms with van der Waals surface area (Å²) in [4.78, 5) is 22.0. The monoisotopic (exact) mass is 298 g/mol. The number of hydrogen-bond acceptors (Lipinski definition) is 5. The van der Waals surface area contributed by atoms with E-state index in [-0.39, 0.29) is 5.97 Å². The highest BCUT2D eigenvalue weighted by molar-refractivity contribution is 7.18. The Labute approximate surface area is 126 Å². The van der Waals surface area contributed by atoms with Crippen molar-refractivity contribution in [2.75, 3.05) is 6.61 Å². The Morgan fingerprint density at radius 1 is 1.24 bits per heavy atom. The zero-order valence-corrected chi connectivity index (χ0v) is 12.3. The lowest BCUT2D eigenvalue weighted by atomic mass is 10.00. The largest absolute Gasteiger partial charge is 0.465 e. The number of aromatic nitrogens is 2. The van der Waals surface area contributed by atoms with E-state index < -0.39 is 5.92 Å². The molecule has 0 aliphatic heterocycles. The third kappa shape index (κ3) is 2.78. The molecule has 0 saturated carbocycles. The van der Waals surface area contributed by atoms with Gasteiger partial charge in [-0.05, 0) is 24.6 Å². The number of carbonyl (C=O) groups is 1. The lowest BCUT2D eigenvalue weighted by Crippen LogP contribution is -2.17. The molecule has 3 rings (SSSR count). The quantitative estimate of drug-likeness (QED) is 0.693. The smallest absolute Gasteiger partial charge is 0.320 e. The fraction of sp³-hybridized carbons (Fsp3) is 0.188. The summed E-state index contributed by atoms with van der Waals surface area (Å²) in [7, 11) is 0. The first-order valence-corrected chi connectivity index (χ1v) is 7.54. The van der Waals surface area contributed by atoms with Gasteiger partial charge < -0.3 is 4.74 Å². The molecule has 1 aromatic carbocycles. The number of benzene rings is 1. The van der Waals surface area contributed by atoms with E-state index in [1.54, 1.807) is 13.1 Å². The number of fused-ring (bicyclic) bond motifs is 1. The topological polar surface area (TPSA) is 52.1 Å². The molecule has 2 heterocycles. The minimum atomic E-state index is -0.495. The van der Waals surface area contributed by atoms with Crippen LogP contribution in [0.1, 0.15) is 23.4 Å². The second-order valence-electron chi connectivity index (χ2n) is 4.48. The average molecular weight is 298 g/mol. The molecule has 0 bridgehead atoms. The lowest BCUT2D eigenvalue weighted by molar-refractivity contribution is -0.143. The molecular formula is C16H14N2O2S. The van der Waals surface area contributed by atoms with E-state index in [1.807, 2.05) is 42.5 Å². The van der Waals surface area contributed by atoms with E-state index in [9.17, 15) is 4.79 Å². The van der Waals surface area contributed by atoms with Gasteiger partial charge in [0.15, 0.2) is 0 Å². The summed E-state index contributed by atoms with van der Waals surface area (Å²) in [5, 5.41) is 0.716. The van der Waals surface area contributed by atoms with Crippen LogP contribution in [0.25, 0.3) is 10.3 Å². The molecule has 21 heavy (non-hydrogen) atoms. The maximum Gasteiger partial charge on any atom is 0.320 e. The van der Waals surface area contributed by atoms with Crippen molar-refractivity contribution in [3.8, 4) is 0 Å². The molecule has 0 spiro atoms. The van der Waals surface area contributed by atoms with Gasteiger partial charge in [-0.2, -0.15) is 0 Å². The fourth-order valence-corrected chi connectivity index (χ4v) is 3.18. The number of rotatable bonds is 4. The Kier molecular flexibility index (Phi) is 3.92. The molecule has 0 radical (unpaired) electrons. The van der Waals surface area contributed by atoms with Crippen LogP contribution in [0.2, 0.25) is 0 Å². The van der Waals surface area contributed by atoms with Gasteiger partial charge in [0.2, 0.25) is 0 Å². The molecule has 0 aliphatic carbocycles. The molecule has 1 atom stereocenters. The van der Waals surface area contributed by atoms with Crippen LogP contribution >= 0.6 is 11.3 Å². The van der Waals surface area contributed by atoms with Gasteiger partial charge in [-0.15, -0.1) is 0 Å². The first-order chi connectivity index (χ1) is 10.3. The Bertz CT molecular complexity index is 722. The zero-order chi connectivity index (χ0) is 14.7. The number of esters is 1. The van der Waals surface area contributed by atoms with Crippen LogP contribution < -0.4 is 0 Å². The Hall–Kier alpha value is -2.27. The number of carbonyl (C=O) groups excluding carboxylic acids is 1. The predicted molar refractivity (Wildman–Crippen MR) is 82.3 cm³/mol. The molecular weight excluding hydrogens is 284 g/mol. The zero-order valence-electron chi connectivity index (χ0n) is 11.5. The highest BCUT2D eigenvalue weighted by atomic mass is 32.1. The third-order valence-electron chi connectivity index (χ3n) is 3.09. The van der Waals surface area contributed by atoms with Gasteiger partial charge in [0.25, 0.3) is 0 Å². The van der Waals surface area contributed by atoms with Crippen LogP contribution in [0.3, 0.4) is 0 Å². The van der Waals surface area contributed by atoms with Crippen molar-refractivity contribution in [3.63, 3.8) is 0 Å². The van der Waals surface area contributed by atoms with Crippen molar-refractivity contribution < 1.29 is 9.53 Å². The first kappa shape index (κ1) is 13.7. The highest BCUT2D eigenvalue weighted by Gasteiger charge is 2.27. The van der Waals surface area contributed by atoms with E-state index in [2.05, 4.69) is 9.97 Å². The highest BCUT2D eigenvalue weighted by Crippen LogP contribution is 2.31. The second-order valence-corrected chi connectivity index (χ2v) is 5.48. The summed E-state index contributed by atoms with van der Waals surface area (Å²) in [6.45, 7) is 2.16. The summed E-state index contributed by atoms with van der Waals surface area (Å²) in [6, 6.07) is 13.3. The van der Waals surface area contributed by atoms with E-state index in [1.165, 1.54) is 11.3 Å². The number of pyridine rings is 1. The van der Waals surface area contributed by atoms with Gasteiger partial charge in [-0.1, -0.05) is 41.7 Å². The lowest BCUT2D eigenvalue weighted by Gasteiger charge is -2.13. The standard InChI is InChI=1S/C16H14N2O2S/c1-2-20-16(19)13(11-7-4-3-5-8-11)15-18-12-9-6-10-17-14(12)21-15/h3-10,13H,2H2,1H3. The SMILES string of the molecule is CCOC(=O)C(c1ccccc1)c1nc2cccnc2s1. The minimum absolute atomic E-state index is 0.275. The predicted octanol–water partition coefficient (Wildman–Crippen LogP) is 3.39. The van der Waals surface area contributed by atoms with Crippen LogP contribution in [0.5, 0.6) is 0 Å². The number of hydrogen-bond donors (Lipinski definition) is 0. The van der Waals surface area contributed by atoms with Crippen molar-refractivity contribution in [3.05, 3.63) is 59.2 Å². The Balaban J connectivity index is 2.08. The number of nitrogens with zero attached hydrogens (tertiary/aromatic N) is 2. The summed E-state index contributed by atoms with van der Waals surface area (Å²) in [6.07, 6.45) is 1.73. The fourth-order valence-electron chi connectivity index (χ4n) is 2.16. The molecule has 4 nitrogen and oxygen atoms in total. The van der Waals surface area contributed by atoms with Crippen LogP contribution in [-0.4, -0.2) is 22.5 Å². The maximum atomic E-state index is 12.3. The third-order valence-corrected chi connectivity index (χ3v) is 4.13. The Morgan fingerprint density at radius 2 is 2.05 bits per heavy atom. The molecule has 1 unspecified atom stereocenters. The molecule has 0 N–H and O–H groups in total. The van der Waals surface area contributed by atoms with E-state index >= 15 is 0 Å². The molecule has 0 aliphatic rings. The number of ether oxygens (including phenoxy) is 1. The van der Waals surface area contributed by atoms with E-state index in [4.69, 9.17) is 4.74 Å². The van der Waals surface area contributed by atoms with Crippen LogP contribution in [0, 0.1) is 0 Å². The molecule has 3 aromatic rings. The van der Waals surface area contributed by atoms with Crippen molar-refractivity contribution >= 4 is 27.7 Å². The van der Waals surface area contributed by atoms with Crippen molar-refractivity contribution in [2.45, 2.75) is 12.8 Å². The van der Waals surface area contributed by atoms with Crippen molar-refractivity contribution in [1.29, 1.82) is 0 Å². The summed E-state index contributed by atoms with van der Waals surface area (Å²) >= 11 is 1.43. The van der Waals surface area contributed by atoms with Crippen LogP contribution in [0.15, 0.2) is 48.7 Å². The van der Waals surface area contributed by atoms with Gasteiger partial charge in [-0.3, -0.25) is 4.79 Å². The number of thiazole rings is 1.